The fourth-order valence-corrected chi connectivity index (χ4v) is 4.83. The molecule has 1 aliphatic rings. The van der Waals surface area contributed by atoms with Crippen molar-refractivity contribution in [2.75, 3.05) is 43.9 Å². The first-order chi connectivity index (χ1) is 19.0. The van der Waals surface area contributed by atoms with Crippen LogP contribution < -0.4 is 10.6 Å². The predicted octanol–water partition coefficient (Wildman–Crippen LogP) is 4.51. The van der Waals surface area contributed by atoms with E-state index in [9.17, 15) is 9.90 Å². The Morgan fingerprint density at radius 1 is 1.15 bits per heavy atom. The zero-order valence-electron chi connectivity index (χ0n) is 23.0. The lowest BCUT2D eigenvalue weighted by Gasteiger charge is -2.27. The number of pyridine rings is 1. The SMILES string of the molecule is COC(C)CN(CCCCc1ccc2c(n1)NCCC2)CCC(Nc1cc(-c2ccccc2)ncn1)C(=O)O. The zero-order valence-corrected chi connectivity index (χ0v) is 23.0. The van der Waals surface area contributed by atoms with Gasteiger partial charge in [0.1, 0.15) is 24.0 Å². The van der Waals surface area contributed by atoms with Gasteiger partial charge in [-0.05, 0) is 63.6 Å². The van der Waals surface area contributed by atoms with Crippen molar-refractivity contribution in [2.24, 2.45) is 0 Å². The van der Waals surface area contributed by atoms with Gasteiger partial charge in [0.25, 0.3) is 0 Å². The topological polar surface area (TPSA) is 113 Å². The first kappa shape index (κ1) is 28.4. The van der Waals surface area contributed by atoms with Crippen molar-refractivity contribution in [1.29, 1.82) is 0 Å². The van der Waals surface area contributed by atoms with Crippen molar-refractivity contribution < 1.29 is 14.6 Å². The molecule has 4 rings (SSSR count). The van der Waals surface area contributed by atoms with Crippen LogP contribution in [-0.4, -0.2) is 76.4 Å². The highest BCUT2D eigenvalue weighted by Crippen LogP contribution is 2.21. The molecule has 0 aliphatic carbocycles. The number of nitrogens with zero attached hydrogens (tertiary/aromatic N) is 4. The van der Waals surface area contributed by atoms with Crippen LogP contribution in [0.2, 0.25) is 0 Å². The third-order valence-corrected chi connectivity index (χ3v) is 7.12. The molecule has 0 radical (unpaired) electrons. The number of anilines is 2. The summed E-state index contributed by atoms with van der Waals surface area (Å²) in [5.74, 6) is 0.642. The molecule has 1 aromatic carbocycles. The molecule has 2 atom stereocenters. The van der Waals surface area contributed by atoms with Crippen LogP contribution in [0, 0.1) is 0 Å². The van der Waals surface area contributed by atoms with Gasteiger partial charge in [-0.2, -0.15) is 0 Å². The van der Waals surface area contributed by atoms with Gasteiger partial charge in [-0.1, -0.05) is 36.4 Å². The van der Waals surface area contributed by atoms with Crippen molar-refractivity contribution in [3.8, 4) is 11.3 Å². The molecule has 208 valence electrons. The number of carboxylic acids is 1. The normalized spacial score (nSPS) is 14.3. The van der Waals surface area contributed by atoms with Gasteiger partial charge in [0.2, 0.25) is 0 Å². The Balaban J connectivity index is 1.30. The molecule has 39 heavy (non-hydrogen) atoms. The standard InChI is InChI=1S/C30H40N6O3/c1-22(39-2)20-36(17-7-6-12-25-14-13-24-11-8-16-31-29(24)34-25)18-15-26(30(37)38)35-28-19-27(32-21-33-28)23-9-4-3-5-10-23/h3-5,9-10,13-14,19,21-22,26H,6-8,11-12,15-18,20H2,1-2H3,(H,31,34)(H,37,38)(H,32,33,35). The number of rotatable bonds is 15. The number of benzene rings is 1. The molecular weight excluding hydrogens is 492 g/mol. The number of fused-ring (bicyclic) bond motifs is 1. The lowest BCUT2D eigenvalue weighted by molar-refractivity contribution is -0.138. The molecule has 0 amide bonds. The molecule has 0 saturated heterocycles. The molecule has 0 spiro atoms. The van der Waals surface area contributed by atoms with Crippen molar-refractivity contribution in [1.82, 2.24) is 19.9 Å². The van der Waals surface area contributed by atoms with Crippen LogP contribution in [0.5, 0.6) is 0 Å². The average Bonchev–Trinajstić information content (AvgIpc) is 2.97. The largest absolute Gasteiger partial charge is 0.480 e. The smallest absolute Gasteiger partial charge is 0.326 e. The molecule has 0 bridgehead atoms. The minimum absolute atomic E-state index is 0.0601. The van der Waals surface area contributed by atoms with Crippen LogP contribution in [0.25, 0.3) is 11.3 Å². The van der Waals surface area contributed by atoms with Crippen molar-refractivity contribution in [3.63, 3.8) is 0 Å². The van der Waals surface area contributed by atoms with Gasteiger partial charge < -0.3 is 25.4 Å². The fraction of sp³-hybridized carbons (Fsp3) is 0.467. The Morgan fingerprint density at radius 2 is 2.00 bits per heavy atom. The minimum Gasteiger partial charge on any atom is -0.480 e. The summed E-state index contributed by atoms with van der Waals surface area (Å²) in [5, 5.41) is 16.4. The van der Waals surface area contributed by atoms with E-state index < -0.39 is 12.0 Å². The zero-order chi connectivity index (χ0) is 27.5. The number of hydrogen-bond donors (Lipinski definition) is 3. The Morgan fingerprint density at radius 3 is 2.79 bits per heavy atom. The van der Waals surface area contributed by atoms with Crippen LogP contribution in [0.4, 0.5) is 11.6 Å². The summed E-state index contributed by atoms with van der Waals surface area (Å²) >= 11 is 0. The highest BCUT2D eigenvalue weighted by molar-refractivity contribution is 5.77. The molecule has 2 unspecified atom stereocenters. The van der Waals surface area contributed by atoms with Crippen molar-refractivity contribution in [3.05, 3.63) is 66.1 Å². The number of aryl methyl sites for hydroxylation is 2. The molecule has 2 aromatic heterocycles. The summed E-state index contributed by atoms with van der Waals surface area (Å²) in [6, 6.07) is 15.1. The number of aliphatic carboxylic acids is 1. The van der Waals surface area contributed by atoms with E-state index in [4.69, 9.17) is 9.72 Å². The van der Waals surface area contributed by atoms with E-state index in [-0.39, 0.29) is 6.10 Å². The summed E-state index contributed by atoms with van der Waals surface area (Å²) in [7, 11) is 1.71. The van der Waals surface area contributed by atoms with Crippen LogP contribution in [0.15, 0.2) is 54.9 Å². The van der Waals surface area contributed by atoms with E-state index in [0.29, 0.717) is 18.8 Å². The van der Waals surface area contributed by atoms with Crippen molar-refractivity contribution >= 4 is 17.6 Å². The summed E-state index contributed by atoms with van der Waals surface area (Å²) < 4.78 is 5.51. The van der Waals surface area contributed by atoms with Gasteiger partial charge in [0, 0.05) is 44.1 Å². The van der Waals surface area contributed by atoms with Gasteiger partial charge in [-0.15, -0.1) is 0 Å². The highest BCUT2D eigenvalue weighted by Gasteiger charge is 2.20. The van der Waals surface area contributed by atoms with Gasteiger partial charge in [-0.3, -0.25) is 0 Å². The second kappa shape index (κ2) is 14.6. The molecule has 1 aliphatic heterocycles. The van der Waals surface area contributed by atoms with Crippen LogP contribution in [-0.2, 0) is 22.4 Å². The maximum atomic E-state index is 12.1. The minimum atomic E-state index is -0.901. The van der Waals surface area contributed by atoms with E-state index >= 15 is 0 Å². The molecule has 3 aromatic rings. The molecule has 0 fully saturated rings. The predicted molar refractivity (Wildman–Crippen MR) is 154 cm³/mol. The number of aromatic nitrogens is 3. The summed E-state index contributed by atoms with van der Waals surface area (Å²) in [6.45, 7) is 5.28. The third kappa shape index (κ3) is 8.73. The lowest BCUT2D eigenvalue weighted by Crippen LogP contribution is -2.38. The van der Waals surface area contributed by atoms with Crippen molar-refractivity contribution in [2.45, 2.75) is 57.6 Å². The number of ether oxygens (including phenoxy) is 1. The van der Waals surface area contributed by atoms with Crippen LogP contribution in [0.1, 0.15) is 43.9 Å². The van der Waals surface area contributed by atoms with E-state index in [2.05, 4.69) is 37.6 Å². The number of nitrogens with one attached hydrogen (secondary N) is 2. The van der Waals surface area contributed by atoms with Crippen LogP contribution in [0.3, 0.4) is 0 Å². The first-order valence-corrected chi connectivity index (χ1v) is 13.9. The van der Waals surface area contributed by atoms with Gasteiger partial charge in [0.05, 0.1) is 11.8 Å². The fourth-order valence-electron chi connectivity index (χ4n) is 4.83. The monoisotopic (exact) mass is 532 g/mol. The van der Waals surface area contributed by atoms with E-state index in [1.54, 1.807) is 13.2 Å². The summed E-state index contributed by atoms with van der Waals surface area (Å²) in [4.78, 5) is 27.8. The highest BCUT2D eigenvalue weighted by atomic mass is 16.5. The number of hydrogen-bond acceptors (Lipinski definition) is 8. The number of unbranched alkanes of at least 4 members (excludes halogenated alkanes) is 1. The number of carboxylic acid groups (broad SMARTS) is 1. The molecule has 9 nitrogen and oxygen atoms in total. The Kier molecular flexibility index (Phi) is 10.6. The third-order valence-electron chi connectivity index (χ3n) is 7.12. The molecule has 3 N–H and O–H groups in total. The van der Waals surface area contributed by atoms with E-state index in [1.165, 1.54) is 11.9 Å². The Bertz CT molecular complexity index is 1190. The van der Waals surface area contributed by atoms with Gasteiger partial charge >= 0.3 is 5.97 Å². The van der Waals surface area contributed by atoms with Crippen LogP contribution >= 0.6 is 0 Å². The lowest BCUT2D eigenvalue weighted by atomic mass is 10.1. The number of methoxy groups -OCH3 is 1. The Hall–Kier alpha value is -3.56. The first-order valence-electron chi connectivity index (χ1n) is 13.9. The maximum Gasteiger partial charge on any atom is 0.326 e. The summed E-state index contributed by atoms with van der Waals surface area (Å²) in [5.41, 5.74) is 4.13. The molecular formula is C30H40N6O3. The Labute approximate surface area is 231 Å². The molecule has 0 saturated carbocycles. The van der Waals surface area contributed by atoms with Gasteiger partial charge in [0.15, 0.2) is 0 Å². The second-order valence-corrected chi connectivity index (χ2v) is 10.1. The second-order valence-electron chi connectivity index (χ2n) is 10.1. The maximum absolute atomic E-state index is 12.1. The van der Waals surface area contributed by atoms with E-state index in [1.807, 2.05) is 37.3 Å². The average molecular weight is 533 g/mol. The van der Waals surface area contributed by atoms with Gasteiger partial charge in [-0.25, -0.2) is 19.7 Å². The quantitative estimate of drug-likeness (QED) is 0.243. The van der Waals surface area contributed by atoms with E-state index in [0.717, 1.165) is 74.5 Å². The number of carbonyl (C=O) groups is 1. The molecule has 9 heteroatoms. The summed E-state index contributed by atoms with van der Waals surface area (Å²) in [6.07, 6.45) is 7.17. The molecule has 3 heterocycles.